The van der Waals surface area contributed by atoms with Crippen LogP contribution in [-0.4, -0.2) is 19.1 Å². The van der Waals surface area contributed by atoms with Crippen LogP contribution in [0.2, 0.25) is 0 Å². The number of rotatable bonds is 4. The summed E-state index contributed by atoms with van der Waals surface area (Å²) in [6, 6.07) is 9.98. The lowest BCUT2D eigenvalue weighted by Crippen LogP contribution is -2.48. The van der Waals surface area contributed by atoms with Gasteiger partial charge in [0.15, 0.2) is 6.10 Å². The molecule has 2 saturated carbocycles. The quantitative estimate of drug-likeness (QED) is 0.920. The van der Waals surface area contributed by atoms with E-state index in [2.05, 4.69) is 26.1 Å². The number of methoxy groups -OCH3 is 1. The molecule has 2 aliphatic carbocycles. The topological polar surface area (TPSA) is 38.3 Å². The summed E-state index contributed by atoms with van der Waals surface area (Å²) in [6.45, 7) is 7.07. The van der Waals surface area contributed by atoms with E-state index in [1.54, 1.807) is 7.11 Å². The van der Waals surface area contributed by atoms with Crippen LogP contribution < -0.4 is 5.32 Å². The second kappa shape index (κ2) is 5.38. The van der Waals surface area contributed by atoms with E-state index in [4.69, 9.17) is 4.74 Å². The summed E-state index contributed by atoms with van der Waals surface area (Å²) < 4.78 is 5.46. The van der Waals surface area contributed by atoms with Crippen molar-refractivity contribution < 1.29 is 9.53 Å². The third-order valence-electron chi connectivity index (χ3n) is 6.69. The van der Waals surface area contributed by atoms with Gasteiger partial charge in [0.2, 0.25) is 0 Å². The maximum absolute atomic E-state index is 12.7. The molecule has 3 rings (SSSR count). The van der Waals surface area contributed by atoms with Crippen molar-refractivity contribution in [2.75, 3.05) is 7.11 Å². The van der Waals surface area contributed by atoms with Gasteiger partial charge in [-0.3, -0.25) is 4.79 Å². The molecule has 0 saturated heterocycles. The molecule has 0 aliphatic heterocycles. The number of amides is 1. The maximum Gasteiger partial charge on any atom is 0.253 e. The first kappa shape index (κ1) is 15.5. The summed E-state index contributed by atoms with van der Waals surface area (Å²) in [4.78, 5) is 12.7. The predicted molar refractivity (Wildman–Crippen MR) is 87.4 cm³/mol. The smallest absolute Gasteiger partial charge is 0.253 e. The van der Waals surface area contributed by atoms with Gasteiger partial charge in [0.25, 0.3) is 5.91 Å². The van der Waals surface area contributed by atoms with Crippen LogP contribution in [0.25, 0.3) is 0 Å². The Morgan fingerprint density at radius 3 is 2.45 bits per heavy atom. The average molecular weight is 301 g/mol. The fraction of sp³-hybridized carbons (Fsp3) is 0.632. The molecular weight excluding hydrogens is 274 g/mol. The van der Waals surface area contributed by atoms with Crippen molar-refractivity contribution in [2.24, 2.45) is 16.7 Å². The van der Waals surface area contributed by atoms with Gasteiger partial charge in [0.1, 0.15) is 0 Å². The second-order valence-corrected chi connectivity index (χ2v) is 7.70. The molecule has 0 spiro atoms. The number of nitrogens with one attached hydrogen (secondary N) is 1. The summed E-state index contributed by atoms with van der Waals surface area (Å²) in [5.74, 6) is 0.712. The lowest BCUT2D eigenvalue weighted by atomic mass is 9.69. The van der Waals surface area contributed by atoms with Crippen LogP contribution in [0.3, 0.4) is 0 Å². The van der Waals surface area contributed by atoms with E-state index >= 15 is 0 Å². The molecule has 0 radical (unpaired) electrons. The molecular formula is C19H27NO2. The van der Waals surface area contributed by atoms with Crippen LogP contribution in [0.5, 0.6) is 0 Å². The van der Waals surface area contributed by atoms with E-state index in [9.17, 15) is 4.79 Å². The largest absolute Gasteiger partial charge is 0.367 e. The average Bonchev–Trinajstić information content (AvgIpc) is 2.82. The SMILES string of the molecule is COC(C(=O)N[C@H]1C[C@H]2CC[C@]1(C)C2(C)C)c1ccccc1. The lowest BCUT2D eigenvalue weighted by Gasteiger charge is -2.39. The Balaban J connectivity index is 1.75. The fourth-order valence-corrected chi connectivity index (χ4v) is 4.69. The number of fused-ring (bicyclic) bond motifs is 2. The highest BCUT2D eigenvalue weighted by Gasteiger charge is 2.61. The van der Waals surface area contributed by atoms with Crippen molar-refractivity contribution >= 4 is 5.91 Å². The summed E-state index contributed by atoms with van der Waals surface area (Å²) >= 11 is 0. The molecule has 2 fully saturated rings. The monoisotopic (exact) mass is 301 g/mol. The normalized spacial score (nSPS) is 33.6. The summed E-state index contributed by atoms with van der Waals surface area (Å²) in [6.07, 6.45) is 3.08. The van der Waals surface area contributed by atoms with Gasteiger partial charge in [-0.2, -0.15) is 0 Å². The molecule has 0 aromatic heterocycles. The molecule has 4 atom stereocenters. The number of carbonyl (C=O) groups is 1. The predicted octanol–water partition coefficient (Wildman–Crippen LogP) is 3.71. The molecule has 22 heavy (non-hydrogen) atoms. The number of carbonyl (C=O) groups excluding carboxylic acids is 1. The van der Waals surface area contributed by atoms with Gasteiger partial charge < -0.3 is 10.1 Å². The maximum atomic E-state index is 12.7. The second-order valence-electron chi connectivity index (χ2n) is 7.70. The number of benzene rings is 1. The molecule has 1 aromatic rings. The third kappa shape index (κ3) is 2.18. The van der Waals surface area contributed by atoms with Gasteiger partial charge in [-0.15, -0.1) is 0 Å². The fourth-order valence-electron chi connectivity index (χ4n) is 4.69. The molecule has 0 heterocycles. The van der Waals surface area contributed by atoms with Crippen LogP contribution in [0, 0.1) is 16.7 Å². The van der Waals surface area contributed by atoms with Crippen LogP contribution in [0.15, 0.2) is 30.3 Å². The molecule has 1 N–H and O–H groups in total. The number of hydrogen-bond acceptors (Lipinski definition) is 2. The Morgan fingerprint density at radius 2 is 1.95 bits per heavy atom. The molecule has 1 amide bonds. The first-order chi connectivity index (χ1) is 10.4. The first-order valence-electron chi connectivity index (χ1n) is 8.28. The minimum absolute atomic E-state index is 0.0109. The van der Waals surface area contributed by atoms with E-state index in [0.29, 0.717) is 5.41 Å². The van der Waals surface area contributed by atoms with Gasteiger partial charge in [-0.1, -0.05) is 51.1 Å². The highest BCUT2D eigenvalue weighted by Crippen LogP contribution is 2.65. The van der Waals surface area contributed by atoms with Crippen LogP contribution in [0.1, 0.15) is 51.7 Å². The van der Waals surface area contributed by atoms with E-state index < -0.39 is 6.10 Å². The molecule has 2 bridgehead atoms. The van der Waals surface area contributed by atoms with Gasteiger partial charge in [0.05, 0.1) is 0 Å². The Morgan fingerprint density at radius 1 is 1.27 bits per heavy atom. The Hall–Kier alpha value is -1.35. The van der Waals surface area contributed by atoms with Crippen molar-refractivity contribution in [1.29, 1.82) is 0 Å². The minimum Gasteiger partial charge on any atom is -0.367 e. The van der Waals surface area contributed by atoms with E-state index in [0.717, 1.165) is 17.9 Å². The third-order valence-corrected chi connectivity index (χ3v) is 6.69. The highest BCUT2D eigenvalue weighted by molar-refractivity contribution is 5.82. The Kier molecular flexibility index (Phi) is 3.80. The van der Waals surface area contributed by atoms with Crippen LogP contribution in [-0.2, 0) is 9.53 Å². The van der Waals surface area contributed by atoms with Crippen molar-refractivity contribution in [3.8, 4) is 0 Å². The Bertz CT molecular complexity index is 554. The minimum atomic E-state index is -0.521. The standard InChI is InChI=1S/C19H27NO2/c1-18(2)14-10-11-19(18,3)15(12-14)20-17(21)16(22-4)13-8-6-5-7-9-13/h5-9,14-16H,10-12H2,1-4H3,(H,20,21)/t14-,15+,16?,19+/m1/s1. The van der Waals surface area contributed by atoms with Crippen molar-refractivity contribution in [3.63, 3.8) is 0 Å². The zero-order valence-corrected chi connectivity index (χ0v) is 14.1. The molecule has 1 unspecified atom stereocenters. The van der Waals surface area contributed by atoms with Crippen LogP contribution >= 0.6 is 0 Å². The van der Waals surface area contributed by atoms with Gasteiger partial charge in [-0.05, 0) is 41.6 Å². The van der Waals surface area contributed by atoms with Gasteiger partial charge in [-0.25, -0.2) is 0 Å². The van der Waals surface area contributed by atoms with E-state index in [1.165, 1.54) is 12.8 Å². The van der Waals surface area contributed by atoms with Crippen LogP contribution in [0.4, 0.5) is 0 Å². The number of hydrogen-bond donors (Lipinski definition) is 1. The van der Waals surface area contributed by atoms with E-state index in [1.807, 2.05) is 30.3 Å². The number of ether oxygens (including phenoxy) is 1. The van der Waals surface area contributed by atoms with Crippen molar-refractivity contribution in [3.05, 3.63) is 35.9 Å². The summed E-state index contributed by atoms with van der Waals surface area (Å²) in [5, 5.41) is 3.29. The molecule has 3 nitrogen and oxygen atoms in total. The van der Waals surface area contributed by atoms with Crippen molar-refractivity contribution in [1.82, 2.24) is 5.32 Å². The molecule has 2 aliphatic rings. The molecule has 3 heteroatoms. The molecule has 120 valence electrons. The molecule has 1 aromatic carbocycles. The lowest BCUT2D eigenvalue weighted by molar-refractivity contribution is -0.133. The van der Waals surface area contributed by atoms with Gasteiger partial charge >= 0.3 is 0 Å². The summed E-state index contributed by atoms with van der Waals surface area (Å²) in [7, 11) is 1.60. The van der Waals surface area contributed by atoms with Crippen molar-refractivity contribution in [2.45, 2.75) is 52.2 Å². The Labute approximate surface area is 133 Å². The zero-order chi connectivity index (χ0) is 16.0. The summed E-state index contributed by atoms with van der Waals surface area (Å²) in [5.41, 5.74) is 1.41. The van der Waals surface area contributed by atoms with E-state index in [-0.39, 0.29) is 17.4 Å². The highest BCUT2D eigenvalue weighted by atomic mass is 16.5. The first-order valence-corrected chi connectivity index (χ1v) is 8.28. The van der Waals surface area contributed by atoms with Gasteiger partial charge in [0, 0.05) is 13.2 Å². The zero-order valence-electron chi connectivity index (χ0n) is 14.1.